The maximum atomic E-state index is 10.5. The summed E-state index contributed by atoms with van der Waals surface area (Å²) in [5.41, 5.74) is 11.5. The van der Waals surface area contributed by atoms with Gasteiger partial charge in [0.15, 0.2) is 0 Å². The van der Waals surface area contributed by atoms with Crippen LogP contribution in [0.4, 0.5) is 0 Å². The zero-order chi connectivity index (χ0) is 29.6. The molecule has 0 amide bonds. The van der Waals surface area contributed by atoms with Gasteiger partial charge in [-0.25, -0.2) is 0 Å². The highest BCUT2D eigenvalue weighted by atomic mass is 16.3. The summed E-state index contributed by atoms with van der Waals surface area (Å²) in [7, 11) is 0. The van der Waals surface area contributed by atoms with Gasteiger partial charge in [-0.15, -0.1) is 0 Å². The molecule has 0 bridgehead atoms. The van der Waals surface area contributed by atoms with Gasteiger partial charge in [0.2, 0.25) is 0 Å². The van der Waals surface area contributed by atoms with E-state index >= 15 is 0 Å². The van der Waals surface area contributed by atoms with Crippen molar-refractivity contribution in [1.29, 1.82) is 0 Å². The first-order valence-electron chi connectivity index (χ1n) is 14.5. The number of rotatable bonds is 5. The summed E-state index contributed by atoms with van der Waals surface area (Å²) < 4.78 is 0. The van der Waals surface area contributed by atoms with Crippen LogP contribution in [0.25, 0.3) is 22.3 Å². The first kappa shape index (κ1) is 29.5. The maximum absolute atomic E-state index is 10.5. The molecule has 0 atom stereocenters. The van der Waals surface area contributed by atoms with Crippen LogP contribution < -0.4 is 0 Å². The molecule has 0 aliphatic rings. The molecule has 2 nitrogen and oxygen atoms in total. The Balaban J connectivity index is 2.10. The molecule has 4 aromatic carbocycles. The summed E-state index contributed by atoms with van der Waals surface area (Å²) in [5, 5.41) is 20.9. The van der Waals surface area contributed by atoms with E-state index in [1.807, 2.05) is 24.3 Å². The van der Waals surface area contributed by atoms with Crippen LogP contribution in [0.2, 0.25) is 0 Å². The van der Waals surface area contributed by atoms with Gasteiger partial charge in [-0.05, 0) is 111 Å². The van der Waals surface area contributed by atoms with E-state index in [4.69, 9.17) is 0 Å². The molecule has 0 spiro atoms. The van der Waals surface area contributed by atoms with Gasteiger partial charge in [0.25, 0.3) is 0 Å². The molecule has 0 radical (unpaired) electrons. The third-order valence-corrected chi connectivity index (χ3v) is 8.60. The van der Waals surface area contributed by atoms with Crippen molar-refractivity contribution < 1.29 is 10.2 Å². The molecule has 0 fully saturated rings. The lowest BCUT2D eigenvalue weighted by molar-refractivity contribution is 0.471. The van der Waals surface area contributed by atoms with Crippen LogP contribution in [0.1, 0.15) is 95.2 Å². The third-order valence-electron chi connectivity index (χ3n) is 8.60. The highest BCUT2D eigenvalue weighted by Gasteiger charge is 2.35. The molecule has 0 aromatic heterocycles. The van der Waals surface area contributed by atoms with E-state index in [0.29, 0.717) is 11.5 Å². The molecule has 210 valence electrons. The Morgan fingerprint density at radius 1 is 0.525 bits per heavy atom. The third kappa shape index (κ3) is 5.29. The van der Waals surface area contributed by atoms with Gasteiger partial charge in [0, 0.05) is 5.41 Å². The molecule has 2 heteroatoms. The van der Waals surface area contributed by atoms with Crippen LogP contribution in [0.15, 0.2) is 72.8 Å². The zero-order valence-corrected chi connectivity index (χ0v) is 26.0. The van der Waals surface area contributed by atoms with E-state index in [0.717, 1.165) is 17.5 Å². The number of benzene rings is 4. The van der Waals surface area contributed by atoms with E-state index in [9.17, 15) is 10.2 Å². The van der Waals surface area contributed by atoms with Crippen LogP contribution in [0.3, 0.4) is 0 Å². The monoisotopic (exact) mass is 534 g/mol. The number of hydrogen-bond donors (Lipinski definition) is 2. The lowest BCUT2D eigenvalue weighted by Crippen LogP contribution is -2.26. The van der Waals surface area contributed by atoms with Crippen LogP contribution in [0, 0.1) is 13.8 Å². The lowest BCUT2D eigenvalue weighted by Gasteiger charge is -2.37. The Morgan fingerprint density at radius 2 is 0.900 bits per heavy atom. The summed E-state index contributed by atoms with van der Waals surface area (Å²) >= 11 is 0. The molecule has 2 N–H and O–H groups in total. The number of aromatic hydroxyl groups is 2. The second kappa shape index (κ2) is 10.5. The van der Waals surface area contributed by atoms with Gasteiger partial charge in [-0.1, -0.05) is 104 Å². The highest BCUT2D eigenvalue weighted by molar-refractivity contribution is 5.81. The Morgan fingerprint density at radius 3 is 1.23 bits per heavy atom. The van der Waals surface area contributed by atoms with E-state index in [1.165, 1.54) is 44.5 Å². The molecule has 0 saturated carbocycles. The van der Waals surface area contributed by atoms with Crippen LogP contribution in [-0.2, 0) is 16.2 Å². The minimum absolute atomic E-state index is 0.140. The van der Waals surface area contributed by atoms with Crippen molar-refractivity contribution >= 4 is 0 Å². The van der Waals surface area contributed by atoms with Crippen LogP contribution in [0.5, 0.6) is 11.5 Å². The Bertz CT molecular complexity index is 1430. The minimum Gasteiger partial charge on any atom is -0.508 e. The SMILES string of the molecule is CCC(C)(c1cccc(C)c1-c1ccc(O)cc1C(C)(C)C)c1cccc(C)c1-c1ccc(O)cc1C(C)(C)C. The van der Waals surface area contributed by atoms with Gasteiger partial charge in [0.1, 0.15) is 11.5 Å². The normalized spacial score (nSPS) is 12.6. The summed E-state index contributed by atoms with van der Waals surface area (Å²) in [4.78, 5) is 0. The van der Waals surface area contributed by atoms with Crippen molar-refractivity contribution in [2.45, 2.75) is 91.9 Å². The van der Waals surface area contributed by atoms with Crippen molar-refractivity contribution in [1.82, 2.24) is 0 Å². The van der Waals surface area contributed by atoms with Crippen molar-refractivity contribution in [2.24, 2.45) is 0 Å². The fourth-order valence-electron chi connectivity index (χ4n) is 6.24. The summed E-state index contributed by atoms with van der Waals surface area (Å²) in [6.07, 6.45) is 0.909. The molecular weight excluding hydrogens is 488 g/mol. The molecule has 0 heterocycles. The lowest BCUT2D eigenvalue weighted by atomic mass is 9.67. The second-order valence-corrected chi connectivity index (χ2v) is 13.6. The van der Waals surface area contributed by atoms with Crippen molar-refractivity contribution in [3.8, 4) is 33.8 Å². The molecule has 4 aromatic rings. The standard InChI is InChI=1S/C38H46O2/c1-11-38(10,30-16-12-14-24(2)34(30)28-20-18-26(39)22-32(28)36(4,5)6)31-17-13-15-25(3)35(31)29-21-19-27(40)23-33(29)37(7,8)9/h12-23,39-40H,11H2,1-10H3. The number of aryl methyl sites for hydroxylation is 2. The van der Waals surface area contributed by atoms with E-state index in [1.54, 1.807) is 0 Å². The predicted molar refractivity (Wildman–Crippen MR) is 171 cm³/mol. The van der Waals surface area contributed by atoms with Gasteiger partial charge in [-0.3, -0.25) is 0 Å². The van der Waals surface area contributed by atoms with Crippen molar-refractivity contribution in [2.75, 3.05) is 0 Å². The number of phenolic OH excluding ortho intramolecular Hbond substituents is 2. The predicted octanol–water partition coefficient (Wildman–Crippen LogP) is 10.4. The van der Waals surface area contributed by atoms with E-state index < -0.39 is 0 Å². The Hall–Kier alpha value is -3.52. The van der Waals surface area contributed by atoms with Gasteiger partial charge in [-0.2, -0.15) is 0 Å². The summed E-state index contributed by atoms with van der Waals surface area (Å²) in [6.45, 7) is 22.3. The van der Waals surface area contributed by atoms with Crippen molar-refractivity contribution in [3.63, 3.8) is 0 Å². The van der Waals surface area contributed by atoms with Crippen molar-refractivity contribution in [3.05, 3.63) is 106 Å². The fraction of sp³-hybridized carbons (Fsp3) is 0.368. The average molecular weight is 535 g/mol. The molecule has 0 aliphatic carbocycles. The second-order valence-electron chi connectivity index (χ2n) is 13.6. The minimum atomic E-state index is -0.303. The summed E-state index contributed by atoms with van der Waals surface area (Å²) in [5.74, 6) is 0.593. The van der Waals surface area contributed by atoms with E-state index in [2.05, 4.69) is 118 Å². The Labute approximate surface area is 241 Å². The zero-order valence-electron chi connectivity index (χ0n) is 26.0. The highest BCUT2D eigenvalue weighted by Crippen LogP contribution is 2.49. The summed E-state index contributed by atoms with van der Waals surface area (Å²) in [6, 6.07) is 25.0. The van der Waals surface area contributed by atoms with E-state index in [-0.39, 0.29) is 16.2 Å². The largest absolute Gasteiger partial charge is 0.508 e. The maximum Gasteiger partial charge on any atom is 0.115 e. The van der Waals surface area contributed by atoms with Crippen LogP contribution >= 0.6 is 0 Å². The Kier molecular flexibility index (Phi) is 7.71. The molecular formula is C38H46O2. The molecule has 0 aliphatic heterocycles. The fourth-order valence-corrected chi connectivity index (χ4v) is 6.24. The number of phenols is 2. The molecule has 40 heavy (non-hydrogen) atoms. The van der Waals surface area contributed by atoms with Gasteiger partial charge < -0.3 is 10.2 Å². The average Bonchev–Trinajstić information content (AvgIpc) is 2.87. The topological polar surface area (TPSA) is 40.5 Å². The molecule has 0 saturated heterocycles. The smallest absolute Gasteiger partial charge is 0.115 e. The van der Waals surface area contributed by atoms with Gasteiger partial charge >= 0.3 is 0 Å². The molecule has 0 unspecified atom stereocenters. The quantitative estimate of drug-likeness (QED) is 0.267. The number of hydrogen-bond acceptors (Lipinski definition) is 2. The van der Waals surface area contributed by atoms with Crippen LogP contribution in [-0.4, -0.2) is 10.2 Å². The first-order chi connectivity index (χ1) is 18.6. The first-order valence-corrected chi connectivity index (χ1v) is 14.5. The van der Waals surface area contributed by atoms with Gasteiger partial charge in [0.05, 0.1) is 0 Å². The molecule has 4 rings (SSSR count).